The lowest BCUT2D eigenvalue weighted by Crippen LogP contribution is -2.14. The molecule has 1 aliphatic carbocycles. The molecule has 0 fully saturated rings. The minimum absolute atomic E-state index is 0.127. The second-order valence-corrected chi connectivity index (χ2v) is 17.1. The number of aromatic nitrogens is 2. The van der Waals surface area contributed by atoms with E-state index in [1.54, 1.807) is 0 Å². The summed E-state index contributed by atoms with van der Waals surface area (Å²) in [5.74, 6) is 0. The molecule has 0 N–H and O–H groups in total. The zero-order chi connectivity index (χ0) is 40.4. The van der Waals surface area contributed by atoms with Crippen LogP contribution in [0.5, 0.6) is 0 Å². The lowest BCUT2D eigenvalue weighted by Gasteiger charge is -2.22. The van der Waals surface area contributed by atoms with E-state index in [0.29, 0.717) is 0 Å². The molecule has 3 aromatic heterocycles. The summed E-state index contributed by atoms with van der Waals surface area (Å²) >= 11 is 0. The third-order valence-electron chi connectivity index (χ3n) is 13.3. The topological polar surface area (TPSA) is 31.0 Å². The number of hydrogen-bond donors (Lipinski definition) is 0. The molecule has 286 valence electrons. The average Bonchev–Trinajstić information content (AvgIpc) is 3.94. The number of rotatable bonds is 4. The number of benzene rings is 9. The molecule has 0 aliphatic heterocycles. The highest BCUT2D eigenvalue weighted by atomic mass is 16.3. The fourth-order valence-electron chi connectivity index (χ4n) is 10.5. The van der Waals surface area contributed by atoms with E-state index < -0.39 is 0 Å². The Bertz CT molecular complexity index is 3740. The first-order valence-corrected chi connectivity index (χ1v) is 21.1. The molecule has 3 heteroatoms. The van der Waals surface area contributed by atoms with Gasteiger partial charge in [0.2, 0.25) is 0 Å². The highest BCUT2D eigenvalue weighted by Gasteiger charge is 2.35. The first-order chi connectivity index (χ1) is 30.0. The Labute approximate surface area is 352 Å². The molecule has 3 heterocycles. The fourth-order valence-corrected chi connectivity index (χ4v) is 10.5. The summed E-state index contributed by atoms with van der Waals surface area (Å²) in [7, 11) is 0. The molecule has 61 heavy (non-hydrogen) atoms. The molecule has 3 nitrogen and oxygen atoms in total. The van der Waals surface area contributed by atoms with Gasteiger partial charge >= 0.3 is 0 Å². The maximum atomic E-state index is 7.05. The number of nitrogens with zero attached hydrogens (tertiary/aromatic N) is 2. The first kappa shape index (κ1) is 34.1. The van der Waals surface area contributed by atoms with Crippen molar-refractivity contribution in [1.29, 1.82) is 0 Å². The van der Waals surface area contributed by atoms with E-state index in [-0.39, 0.29) is 5.41 Å². The fraction of sp³-hybridized carbons (Fsp3) is 0.0517. The molecule has 0 saturated heterocycles. The maximum Gasteiger partial charge on any atom is 0.143 e. The number of para-hydroxylation sites is 4. The van der Waals surface area contributed by atoms with E-state index >= 15 is 0 Å². The van der Waals surface area contributed by atoms with Crippen LogP contribution in [0.4, 0.5) is 0 Å². The Morgan fingerprint density at radius 3 is 1.87 bits per heavy atom. The predicted molar refractivity (Wildman–Crippen MR) is 255 cm³/mol. The van der Waals surface area contributed by atoms with E-state index in [4.69, 9.17) is 9.40 Å². The molecular weight excluding hydrogens is 741 g/mol. The Morgan fingerprint density at radius 2 is 1.07 bits per heavy atom. The van der Waals surface area contributed by atoms with Crippen molar-refractivity contribution in [3.8, 4) is 50.3 Å². The molecule has 0 amide bonds. The van der Waals surface area contributed by atoms with Crippen LogP contribution < -0.4 is 0 Å². The summed E-state index contributed by atoms with van der Waals surface area (Å²) in [6.07, 6.45) is 0. The van der Waals surface area contributed by atoms with Gasteiger partial charge in [0.05, 0.1) is 22.2 Å². The van der Waals surface area contributed by atoms with Gasteiger partial charge < -0.3 is 8.98 Å². The molecule has 12 aromatic rings. The van der Waals surface area contributed by atoms with Crippen LogP contribution in [-0.4, -0.2) is 9.55 Å². The Balaban J connectivity index is 1.16. The lowest BCUT2D eigenvalue weighted by atomic mass is 9.81. The van der Waals surface area contributed by atoms with E-state index in [0.717, 1.165) is 77.2 Å². The molecule has 0 spiro atoms. The van der Waals surface area contributed by atoms with Crippen LogP contribution in [0.1, 0.15) is 25.0 Å². The van der Waals surface area contributed by atoms with Gasteiger partial charge in [-0.15, -0.1) is 0 Å². The quantitative estimate of drug-likeness (QED) is 0.167. The van der Waals surface area contributed by atoms with Gasteiger partial charge in [-0.25, -0.2) is 4.98 Å². The van der Waals surface area contributed by atoms with Crippen molar-refractivity contribution in [1.82, 2.24) is 9.55 Å². The van der Waals surface area contributed by atoms with Crippen LogP contribution in [-0.2, 0) is 5.41 Å². The van der Waals surface area contributed by atoms with Crippen LogP contribution in [0.25, 0.3) is 116 Å². The summed E-state index contributed by atoms with van der Waals surface area (Å²) in [5.41, 5.74) is 17.9. The first-order valence-electron chi connectivity index (χ1n) is 21.1. The summed E-state index contributed by atoms with van der Waals surface area (Å²) in [6.45, 7) is 4.72. The monoisotopic (exact) mass is 778 g/mol. The van der Waals surface area contributed by atoms with E-state index in [2.05, 4.69) is 213 Å². The Hall–Kier alpha value is -7.75. The molecule has 13 rings (SSSR count). The van der Waals surface area contributed by atoms with Crippen molar-refractivity contribution in [3.63, 3.8) is 0 Å². The van der Waals surface area contributed by atoms with E-state index in [1.807, 2.05) is 0 Å². The number of fused-ring (bicyclic) bond motifs is 13. The van der Waals surface area contributed by atoms with Gasteiger partial charge in [0.1, 0.15) is 11.2 Å². The molecule has 0 saturated carbocycles. The second kappa shape index (κ2) is 12.6. The largest absolute Gasteiger partial charge is 0.455 e. The summed E-state index contributed by atoms with van der Waals surface area (Å²) in [4.78, 5) is 5.40. The molecule has 1 aliphatic rings. The van der Waals surface area contributed by atoms with Crippen LogP contribution in [0, 0.1) is 0 Å². The zero-order valence-electron chi connectivity index (χ0n) is 33.8. The van der Waals surface area contributed by atoms with Gasteiger partial charge in [0.15, 0.2) is 0 Å². The molecule has 9 aromatic carbocycles. The Kier molecular flexibility index (Phi) is 7.07. The third-order valence-corrected chi connectivity index (χ3v) is 13.3. The molecule has 0 bridgehead atoms. The predicted octanol–water partition coefficient (Wildman–Crippen LogP) is 15.7. The van der Waals surface area contributed by atoms with Gasteiger partial charge in [-0.2, -0.15) is 0 Å². The number of pyridine rings is 1. The molecular formula is C58H38N2O. The summed E-state index contributed by atoms with van der Waals surface area (Å²) in [6, 6.07) is 70.6. The average molecular weight is 779 g/mol. The Morgan fingerprint density at radius 1 is 0.426 bits per heavy atom. The van der Waals surface area contributed by atoms with Crippen LogP contribution in [0.2, 0.25) is 0 Å². The van der Waals surface area contributed by atoms with Gasteiger partial charge in [0, 0.05) is 59.9 Å². The number of furan rings is 1. The van der Waals surface area contributed by atoms with Crippen LogP contribution in [0.3, 0.4) is 0 Å². The minimum atomic E-state index is -0.127. The standard InChI is InChI=1S/C58H38N2O/c1-58(2)48-23-11-6-18-40(48)41-29-28-36(33-49(41)58)37-30-38(32-39(31-37)60-51-25-13-8-19-42(51)43-20-9-14-26-52(43)60)46-34-47-54(55-45-22-10-15-27-53(45)61-57(46)55)44-21-7-12-24-50(44)59-56(47)35-16-4-3-5-17-35/h3-34H,1-2H3. The number of hydrogen-bond acceptors (Lipinski definition) is 2. The van der Waals surface area contributed by atoms with Gasteiger partial charge in [-0.3, -0.25) is 0 Å². The van der Waals surface area contributed by atoms with Crippen molar-refractivity contribution in [2.45, 2.75) is 19.3 Å². The van der Waals surface area contributed by atoms with Crippen molar-refractivity contribution < 1.29 is 4.42 Å². The highest BCUT2D eigenvalue weighted by molar-refractivity contribution is 6.30. The van der Waals surface area contributed by atoms with E-state index in [9.17, 15) is 0 Å². The van der Waals surface area contributed by atoms with Crippen LogP contribution in [0.15, 0.2) is 199 Å². The second-order valence-electron chi connectivity index (χ2n) is 17.1. The van der Waals surface area contributed by atoms with Gasteiger partial charge in [-0.05, 0) is 93.5 Å². The zero-order valence-corrected chi connectivity index (χ0v) is 33.8. The van der Waals surface area contributed by atoms with E-state index in [1.165, 1.54) is 49.6 Å². The highest BCUT2D eigenvalue weighted by Crippen LogP contribution is 2.51. The van der Waals surface area contributed by atoms with Crippen molar-refractivity contribution in [2.24, 2.45) is 0 Å². The molecule has 0 radical (unpaired) electrons. The van der Waals surface area contributed by atoms with Crippen molar-refractivity contribution >= 4 is 65.4 Å². The molecule has 0 atom stereocenters. The lowest BCUT2D eigenvalue weighted by molar-refractivity contribution is 0.660. The third kappa shape index (κ3) is 4.89. The SMILES string of the molecule is CC1(C)c2ccccc2-c2ccc(-c3cc(-c4cc5c(-c6ccccc6)nc6ccccc6c5c5c4oc4ccccc45)cc(-n4c5ccccc5c5ccccc54)c3)cc21. The van der Waals surface area contributed by atoms with Crippen LogP contribution >= 0.6 is 0 Å². The van der Waals surface area contributed by atoms with Crippen molar-refractivity contribution in [2.75, 3.05) is 0 Å². The summed E-state index contributed by atoms with van der Waals surface area (Å²) in [5, 5.41) is 8.04. The van der Waals surface area contributed by atoms with Crippen molar-refractivity contribution in [3.05, 3.63) is 205 Å². The minimum Gasteiger partial charge on any atom is -0.455 e. The maximum absolute atomic E-state index is 7.05. The normalized spacial score (nSPS) is 13.2. The smallest absolute Gasteiger partial charge is 0.143 e. The summed E-state index contributed by atoms with van der Waals surface area (Å²) < 4.78 is 9.49. The molecule has 0 unspecified atom stereocenters. The van der Waals surface area contributed by atoms with Gasteiger partial charge in [-0.1, -0.05) is 153 Å². The van der Waals surface area contributed by atoms with Gasteiger partial charge in [0.25, 0.3) is 0 Å².